The van der Waals surface area contributed by atoms with E-state index >= 15 is 0 Å². The van der Waals surface area contributed by atoms with E-state index in [0.717, 1.165) is 18.7 Å². The SMILES string of the molecule is Cc1cccc(CCNc2ccc(S(C)(=O)=O)cc2)c1. The van der Waals surface area contributed by atoms with Crippen molar-refractivity contribution < 1.29 is 8.42 Å². The van der Waals surface area contributed by atoms with Gasteiger partial charge in [0.1, 0.15) is 0 Å². The molecule has 0 aliphatic heterocycles. The quantitative estimate of drug-likeness (QED) is 0.920. The number of rotatable bonds is 5. The van der Waals surface area contributed by atoms with E-state index in [2.05, 4.69) is 36.5 Å². The number of hydrogen-bond acceptors (Lipinski definition) is 3. The highest BCUT2D eigenvalue weighted by Gasteiger charge is 2.05. The summed E-state index contributed by atoms with van der Waals surface area (Å²) in [6, 6.07) is 15.3. The van der Waals surface area contributed by atoms with E-state index < -0.39 is 9.84 Å². The van der Waals surface area contributed by atoms with Gasteiger partial charge in [0.2, 0.25) is 0 Å². The Labute approximate surface area is 120 Å². The van der Waals surface area contributed by atoms with Crippen molar-refractivity contribution >= 4 is 15.5 Å². The molecule has 0 fully saturated rings. The van der Waals surface area contributed by atoms with Crippen LogP contribution in [0.4, 0.5) is 5.69 Å². The Morgan fingerprint density at radius 2 is 1.75 bits per heavy atom. The minimum absolute atomic E-state index is 0.349. The lowest BCUT2D eigenvalue weighted by Gasteiger charge is -2.07. The van der Waals surface area contributed by atoms with Crippen molar-refractivity contribution in [1.82, 2.24) is 0 Å². The number of anilines is 1. The molecule has 4 heteroatoms. The summed E-state index contributed by atoms with van der Waals surface area (Å²) in [4.78, 5) is 0.349. The van der Waals surface area contributed by atoms with Crippen molar-refractivity contribution in [2.45, 2.75) is 18.2 Å². The van der Waals surface area contributed by atoms with Crippen LogP contribution in [-0.2, 0) is 16.3 Å². The average molecular weight is 289 g/mol. The second-order valence-electron chi connectivity index (χ2n) is 4.96. The van der Waals surface area contributed by atoms with Crippen LogP contribution in [0, 0.1) is 6.92 Å². The second-order valence-corrected chi connectivity index (χ2v) is 6.98. The summed E-state index contributed by atoms with van der Waals surface area (Å²) in [5.41, 5.74) is 3.50. The van der Waals surface area contributed by atoms with E-state index in [9.17, 15) is 8.42 Å². The Bertz CT molecular complexity index is 676. The van der Waals surface area contributed by atoms with Crippen molar-refractivity contribution in [3.8, 4) is 0 Å². The zero-order valence-electron chi connectivity index (χ0n) is 11.8. The summed E-state index contributed by atoms with van der Waals surface area (Å²) in [5.74, 6) is 0. The van der Waals surface area contributed by atoms with E-state index in [0.29, 0.717) is 4.90 Å². The van der Waals surface area contributed by atoms with Gasteiger partial charge in [0, 0.05) is 18.5 Å². The van der Waals surface area contributed by atoms with Crippen molar-refractivity contribution in [2.75, 3.05) is 18.1 Å². The Balaban J connectivity index is 1.92. The predicted octanol–water partition coefficient (Wildman–Crippen LogP) is 3.05. The summed E-state index contributed by atoms with van der Waals surface area (Å²) in [6.45, 7) is 2.91. The molecule has 0 heterocycles. The molecule has 106 valence electrons. The van der Waals surface area contributed by atoms with Crippen molar-refractivity contribution in [2.24, 2.45) is 0 Å². The molecule has 3 nitrogen and oxygen atoms in total. The van der Waals surface area contributed by atoms with Gasteiger partial charge in [-0.3, -0.25) is 0 Å². The topological polar surface area (TPSA) is 46.2 Å². The molecular formula is C16H19NO2S. The fourth-order valence-corrected chi connectivity index (χ4v) is 2.67. The highest BCUT2D eigenvalue weighted by molar-refractivity contribution is 7.90. The number of aryl methyl sites for hydroxylation is 1. The summed E-state index contributed by atoms with van der Waals surface area (Å²) < 4.78 is 22.7. The van der Waals surface area contributed by atoms with Crippen LogP contribution in [0.1, 0.15) is 11.1 Å². The maximum absolute atomic E-state index is 11.4. The monoisotopic (exact) mass is 289 g/mol. The molecule has 0 aliphatic carbocycles. The third-order valence-electron chi connectivity index (χ3n) is 3.11. The minimum atomic E-state index is -3.12. The normalized spacial score (nSPS) is 11.3. The standard InChI is InChI=1S/C16H19NO2S/c1-13-4-3-5-14(12-13)10-11-17-15-6-8-16(9-7-15)20(2,18)19/h3-9,12,17H,10-11H2,1-2H3. The number of nitrogens with one attached hydrogen (secondary N) is 1. The molecular weight excluding hydrogens is 270 g/mol. The number of benzene rings is 2. The number of sulfone groups is 1. The molecule has 20 heavy (non-hydrogen) atoms. The van der Waals surface area contributed by atoms with Crippen LogP contribution >= 0.6 is 0 Å². The summed E-state index contributed by atoms with van der Waals surface area (Å²) in [6.07, 6.45) is 2.16. The smallest absolute Gasteiger partial charge is 0.175 e. The molecule has 0 atom stereocenters. The van der Waals surface area contributed by atoms with Gasteiger partial charge in [-0.15, -0.1) is 0 Å². The lowest BCUT2D eigenvalue weighted by Crippen LogP contribution is -2.05. The lowest BCUT2D eigenvalue weighted by molar-refractivity contribution is 0.602. The summed E-state index contributed by atoms with van der Waals surface area (Å²) >= 11 is 0. The van der Waals surface area contributed by atoms with Gasteiger partial charge in [-0.05, 0) is 43.2 Å². The van der Waals surface area contributed by atoms with Crippen LogP contribution in [0.15, 0.2) is 53.4 Å². The second kappa shape index (κ2) is 6.09. The molecule has 0 bridgehead atoms. The molecule has 2 rings (SSSR count). The van der Waals surface area contributed by atoms with Crippen LogP contribution < -0.4 is 5.32 Å². The molecule has 0 spiro atoms. The first kappa shape index (κ1) is 14.6. The minimum Gasteiger partial charge on any atom is -0.385 e. The molecule has 0 radical (unpaired) electrons. The Kier molecular flexibility index (Phi) is 4.45. The molecule has 2 aromatic carbocycles. The van der Waals surface area contributed by atoms with Crippen molar-refractivity contribution in [3.05, 3.63) is 59.7 Å². The maximum atomic E-state index is 11.4. The van der Waals surface area contributed by atoms with Crippen LogP contribution in [-0.4, -0.2) is 21.2 Å². The van der Waals surface area contributed by atoms with Gasteiger partial charge in [0.05, 0.1) is 4.90 Å². The van der Waals surface area contributed by atoms with Crippen molar-refractivity contribution in [3.63, 3.8) is 0 Å². The molecule has 0 aliphatic rings. The molecule has 0 aromatic heterocycles. The lowest BCUT2D eigenvalue weighted by atomic mass is 10.1. The van der Waals surface area contributed by atoms with E-state index in [4.69, 9.17) is 0 Å². The van der Waals surface area contributed by atoms with E-state index in [1.54, 1.807) is 24.3 Å². The highest BCUT2D eigenvalue weighted by Crippen LogP contribution is 2.14. The molecule has 2 aromatic rings. The Morgan fingerprint density at radius 1 is 1.05 bits per heavy atom. The zero-order valence-corrected chi connectivity index (χ0v) is 12.6. The first-order chi connectivity index (χ1) is 9.45. The first-order valence-electron chi connectivity index (χ1n) is 6.55. The Hall–Kier alpha value is -1.81. The van der Waals surface area contributed by atoms with Gasteiger partial charge < -0.3 is 5.32 Å². The van der Waals surface area contributed by atoms with Gasteiger partial charge >= 0.3 is 0 Å². The van der Waals surface area contributed by atoms with Gasteiger partial charge in [0.25, 0.3) is 0 Å². The van der Waals surface area contributed by atoms with Gasteiger partial charge in [-0.2, -0.15) is 0 Å². The van der Waals surface area contributed by atoms with Gasteiger partial charge in [-0.1, -0.05) is 29.8 Å². The largest absolute Gasteiger partial charge is 0.385 e. The van der Waals surface area contributed by atoms with Gasteiger partial charge in [0.15, 0.2) is 9.84 Å². The van der Waals surface area contributed by atoms with E-state index in [1.165, 1.54) is 17.4 Å². The van der Waals surface area contributed by atoms with Crippen LogP contribution in [0.2, 0.25) is 0 Å². The van der Waals surface area contributed by atoms with E-state index in [1.807, 2.05) is 0 Å². The first-order valence-corrected chi connectivity index (χ1v) is 8.44. The van der Waals surface area contributed by atoms with Crippen LogP contribution in [0.5, 0.6) is 0 Å². The van der Waals surface area contributed by atoms with E-state index in [-0.39, 0.29) is 0 Å². The third kappa shape index (κ3) is 4.10. The van der Waals surface area contributed by atoms with Crippen LogP contribution in [0.25, 0.3) is 0 Å². The molecule has 0 saturated heterocycles. The molecule has 0 amide bonds. The zero-order chi connectivity index (χ0) is 14.6. The van der Waals surface area contributed by atoms with Crippen molar-refractivity contribution in [1.29, 1.82) is 0 Å². The summed E-state index contributed by atoms with van der Waals surface area (Å²) in [7, 11) is -3.12. The number of hydrogen-bond donors (Lipinski definition) is 1. The predicted molar refractivity (Wildman–Crippen MR) is 82.9 cm³/mol. The fourth-order valence-electron chi connectivity index (χ4n) is 2.04. The molecule has 0 saturated carbocycles. The third-order valence-corrected chi connectivity index (χ3v) is 4.24. The Morgan fingerprint density at radius 3 is 2.35 bits per heavy atom. The fraction of sp³-hybridized carbons (Fsp3) is 0.250. The highest BCUT2D eigenvalue weighted by atomic mass is 32.2. The maximum Gasteiger partial charge on any atom is 0.175 e. The average Bonchev–Trinajstić information content (AvgIpc) is 2.38. The molecule has 0 unspecified atom stereocenters. The van der Waals surface area contributed by atoms with Gasteiger partial charge in [-0.25, -0.2) is 8.42 Å². The molecule has 1 N–H and O–H groups in total. The summed E-state index contributed by atoms with van der Waals surface area (Å²) in [5, 5.41) is 3.30. The van der Waals surface area contributed by atoms with Crippen LogP contribution in [0.3, 0.4) is 0 Å².